The Balaban J connectivity index is 2.00. The molecule has 3 rings (SSSR count). The van der Waals surface area contributed by atoms with Gasteiger partial charge in [-0.25, -0.2) is 0 Å². The van der Waals surface area contributed by atoms with E-state index in [2.05, 4.69) is 30.3 Å². The van der Waals surface area contributed by atoms with E-state index in [4.69, 9.17) is 5.26 Å². The Morgan fingerprint density at radius 1 is 0.864 bits per heavy atom. The van der Waals surface area contributed by atoms with E-state index >= 15 is 0 Å². The van der Waals surface area contributed by atoms with Gasteiger partial charge >= 0.3 is 0 Å². The first kappa shape index (κ1) is 13.9. The van der Waals surface area contributed by atoms with Crippen LogP contribution in [0.25, 0.3) is 10.8 Å². The smallest absolute Gasteiger partial charge is 0.0991 e. The maximum atomic E-state index is 9.61. The molecule has 0 N–H and O–H groups in total. The van der Waals surface area contributed by atoms with Crippen LogP contribution < -0.4 is 0 Å². The van der Waals surface area contributed by atoms with Crippen molar-refractivity contribution in [2.24, 2.45) is 0 Å². The first-order valence-electron chi connectivity index (χ1n) is 7.18. The topological polar surface area (TPSA) is 47.6 Å². The largest absolute Gasteiger partial charge is 0.198 e. The molecular weight excluding hydrogens is 268 g/mol. The highest BCUT2D eigenvalue weighted by molar-refractivity contribution is 5.86. The van der Waals surface area contributed by atoms with Crippen molar-refractivity contribution in [2.75, 3.05) is 0 Å². The number of nitriles is 2. The average molecular weight is 282 g/mol. The second-order valence-electron chi connectivity index (χ2n) is 5.27. The zero-order chi connectivity index (χ0) is 15.4. The molecule has 22 heavy (non-hydrogen) atoms. The minimum Gasteiger partial charge on any atom is -0.198 e. The van der Waals surface area contributed by atoms with E-state index in [0.717, 1.165) is 21.9 Å². The maximum absolute atomic E-state index is 9.61. The van der Waals surface area contributed by atoms with E-state index in [-0.39, 0.29) is 5.92 Å². The van der Waals surface area contributed by atoms with Gasteiger partial charge < -0.3 is 0 Å². The summed E-state index contributed by atoms with van der Waals surface area (Å²) >= 11 is 0. The second-order valence-corrected chi connectivity index (χ2v) is 5.27. The van der Waals surface area contributed by atoms with E-state index in [1.165, 1.54) is 0 Å². The Kier molecular flexibility index (Phi) is 3.86. The molecule has 0 spiro atoms. The fraction of sp³-hybridized carbons (Fsp3) is 0.100. The van der Waals surface area contributed by atoms with Gasteiger partial charge in [-0.1, -0.05) is 54.6 Å². The number of rotatable bonds is 3. The third-order valence-corrected chi connectivity index (χ3v) is 3.85. The fourth-order valence-electron chi connectivity index (χ4n) is 2.78. The number of hydrogen-bond donors (Lipinski definition) is 0. The molecule has 0 radical (unpaired) electrons. The van der Waals surface area contributed by atoms with Crippen LogP contribution in [0.4, 0.5) is 0 Å². The Labute approximate surface area is 129 Å². The van der Waals surface area contributed by atoms with E-state index in [9.17, 15) is 5.26 Å². The number of fused-ring (bicyclic) bond motifs is 1. The van der Waals surface area contributed by atoms with Gasteiger partial charge in [-0.2, -0.15) is 10.5 Å². The summed E-state index contributed by atoms with van der Waals surface area (Å²) in [4.78, 5) is 0. The van der Waals surface area contributed by atoms with Crippen molar-refractivity contribution < 1.29 is 0 Å². The molecule has 0 aliphatic heterocycles. The summed E-state index contributed by atoms with van der Waals surface area (Å²) in [7, 11) is 0. The van der Waals surface area contributed by atoms with E-state index in [1.54, 1.807) is 6.07 Å². The normalized spacial score (nSPS) is 11.5. The molecule has 2 heteroatoms. The van der Waals surface area contributed by atoms with Crippen LogP contribution in [0.2, 0.25) is 0 Å². The SMILES string of the molecule is N#Cc1cccc(CC(C#N)c2cccc3ccccc23)c1. The van der Waals surface area contributed by atoms with Gasteiger partial charge in [-0.3, -0.25) is 0 Å². The molecule has 1 atom stereocenters. The average Bonchev–Trinajstić information content (AvgIpc) is 2.59. The zero-order valence-electron chi connectivity index (χ0n) is 12.0. The summed E-state index contributed by atoms with van der Waals surface area (Å²) in [5.74, 6) is -0.222. The molecule has 0 heterocycles. The van der Waals surface area contributed by atoms with Gasteiger partial charge in [-0.15, -0.1) is 0 Å². The molecule has 104 valence electrons. The monoisotopic (exact) mass is 282 g/mol. The lowest BCUT2D eigenvalue weighted by Gasteiger charge is -2.13. The molecule has 0 aliphatic rings. The van der Waals surface area contributed by atoms with Gasteiger partial charge in [0.05, 0.1) is 23.6 Å². The minimum atomic E-state index is -0.222. The van der Waals surface area contributed by atoms with Crippen LogP contribution in [-0.2, 0) is 6.42 Å². The summed E-state index contributed by atoms with van der Waals surface area (Å²) in [6.07, 6.45) is 0.611. The third kappa shape index (κ3) is 2.68. The van der Waals surface area contributed by atoms with E-state index < -0.39 is 0 Å². The zero-order valence-corrected chi connectivity index (χ0v) is 12.0. The van der Waals surface area contributed by atoms with Crippen LogP contribution in [0.3, 0.4) is 0 Å². The standard InChI is InChI=1S/C20H14N2/c21-13-16-6-3-5-15(11-16)12-18(14-22)20-10-4-8-17-7-1-2-9-19(17)20/h1-11,18H,12H2. The number of benzene rings is 3. The molecule has 0 fully saturated rings. The summed E-state index contributed by atoms with van der Waals surface area (Å²) in [5.41, 5.74) is 2.69. The lowest BCUT2D eigenvalue weighted by molar-refractivity contribution is 0.856. The van der Waals surface area contributed by atoms with Gasteiger partial charge in [0.2, 0.25) is 0 Å². The Morgan fingerprint density at radius 3 is 2.45 bits per heavy atom. The molecule has 0 bridgehead atoms. The van der Waals surface area contributed by atoms with Crippen molar-refractivity contribution in [3.05, 3.63) is 83.4 Å². The highest BCUT2D eigenvalue weighted by Gasteiger charge is 2.14. The van der Waals surface area contributed by atoms with Gasteiger partial charge in [0, 0.05) is 0 Å². The van der Waals surface area contributed by atoms with Crippen LogP contribution >= 0.6 is 0 Å². The van der Waals surface area contributed by atoms with Crippen LogP contribution in [0, 0.1) is 22.7 Å². The van der Waals surface area contributed by atoms with Crippen molar-refractivity contribution in [3.8, 4) is 12.1 Å². The summed E-state index contributed by atoms with van der Waals surface area (Å²) < 4.78 is 0. The van der Waals surface area contributed by atoms with Crippen molar-refractivity contribution in [1.82, 2.24) is 0 Å². The molecule has 0 saturated carbocycles. The van der Waals surface area contributed by atoms with Crippen molar-refractivity contribution in [2.45, 2.75) is 12.3 Å². The molecule has 3 aromatic carbocycles. The van der Waals surface area contributed by atoms with Gasteiger partial charge in [0.1, 0.15) is 0 Å². The molecule has 0 amide bonds. The molecule has 0 aliphatic carbocycles. The van der Waals surface area contributed by atoms with E-state index in [0.29, 0.717) is 12.0 Å². The molecule has 2 nitrogen and oxygen atoms in total. The van der Waals surface area contributed by atoms with Gasteiger partial charge in [0.15, 0.2) is 0 Å². The first-order chi connectivity index (χ1) is 10.8. The van der Waals surface area contributed by atoms with Crippen LogP contribution in [0.15, 0.2) is 66.7 Å². The second kappa shape index (κ2) is 6.12. The lowest BCUT2D eigenvalue weighted by Crippen LogP contribution is -2.01. The summed E-state index contributed by atoms with van der Waals surface area (Å²) in [5, 5.41) is 20.9. The lowest BCUT2D eigenvalue weighted by atomic mass is 9.89. The molecule has 0 aromatic heterocycles. The van der Waals surface area contributed by atoms with Crippen molar-refractivity contribution in [1.29, 1.82) is 10.5 Å². The van der Waals surface area contributed by atoms with Gasteiger partial charge in [0.25, 0.3) is 0 Å². The minimum absolute atomic E-state index is 0.222. The molecular formula is C20H14N2. The molecule has 0 saturated heterocycles. The van der Waals surface area contributed by atoms with E-state index in [1.807, 2.05) is 42.5 Å². The fourth-order valence-corrected chi connectivity index (χ4v) is 2.78. The Bertz CT molecular complexity index is 892. The van der Waals surface area contributed by atoms with Gasteiger partial charge in [-0.05, 0) is 40.5 Å². The maximum Gasteiger partial charge on any atom is 0.0991 e. The van der Waals surface area contributed by atoms with Crippen LogP contribution in [0.1, 0.15) is 22.6 Å². The third-order valence-electron chi connectivity index (χ3n) is 3.85. The summed E-state index contributed by atoms with van der Waals surface area (Å²) in [6, 6.07) is 26.2. The molecule has 3 aromatic rings. The van der Waals surface area contributed by atoms with Crippen molar-refractivity contribution in [3.63, 3.8) is 0 Å². The van der Waals surface area contributed by atoms with Crippen LogP contribution in [-0.4, -0.2) is 0 Å². The predicted molar refractivity (Wildman–Crippen MR) is 87.2 cm³/mol. The number of hydrogen-bond acceptors (Lipinski definition) is 2. The Hall–Kier alpha value is -3.10. The Morgan fingerprint density at radius 2 is 1.64 bits per heavy atom. The first-order valence-corrected chi connectivity index (χ1v) is 7.18. The summed E-state index contributed by atoms with van der Waals surface area (Å²) in [6.45, 7) is 0. The predicted octanol–water partition coefficient (Wildman–Crippen LogP) is 4.56. The van der Waals surface area contributed by atoms with Crippen LogP contribution in [0.5, 0.6) is 0 Å². The molecule has 1 unspecified atom stereocenters. The highest BCUT2D eigenvalue weighted by Crippen LogP contribution is 2.28. The quantitative estimate of drug-likeness (QED) is 0.707. The number of nitrogens with zero attached hydrogens (tertiary/aromatic N) is 2. The highest BCUT2D eigenvalue weighted by atomic mass is 14.3. The van der Waals surface area contributed by atoms with Crippen molar-refractivity contribution >= 4 is 10.8 Å².